The Labute approximate surface area is 95.9 Å². The third kappa shape index (κ3) is 4.28. The standard InChI is InChI=1S/C11H20N2OS/c1-4-10-8-13-11(15-10)9(3)12-6-7-14-5-2/h8-9,12H,4-7H2,1-3H3. The molecule has 0 saturated heterocycles. The summed E-state index contributed by atoms with van der Waals surface area (Å²) < 4.78 is 5.27. The molecule has 0 radical (unpaired) electrons. The number of thiazole rings is 1. The van der Waals surface area contributed by atoms with E-state index in [-0.39, 0.29) is 0 Å². The van der Waals surface area contributed by atoms with Crippen LogP contribution in [0.4, 0.5) is 0 Å². The van der Waals surface area contributed by atoms with Crippen molar-refractivity contribution in [1.82, 2.24) is 10.3 Å². The smallest absolute Gasteiger partial charge is 0.109 e. The van der Waals surface area contributed by atoms with Crippen molar-refractivity contribution < 1.29 is 4.74 Å². The average molecular weight is 228 g/mol. The lowest BCUT2D eigenvalue weighted by atomic mass is 10.3. The summed E-state index contributed by atoms with van der Waals surface area (Å²) in [6.45, 7) is 8.75. The number of nitrogens with one attached hydrogen (secondary N) is 1. The molecule has 0 fully saturated rings. The maximum Gasteiger partial charge on any atom is 0.109 e. The first-order valence-electron chi connectivity index (χ1n) is 5.53. The summed E-state index contributed by atoms with van der Waals surface area (Å²) in [6, 6.07) is 0.329. The predicted molar refractivity (Wildman–Crippen MR) is 64.4 cm³/mol. The van der Waals surface area contributed by atoms with Crippen LogP contribution in [0.15, 0.2) is 6.20 Å². The summed E-state index contributed by atoms with van der Waals surface area (Å²) in [5.74, 6) is 0. The second-order valence-electron chi connectivity index (χ2n) is 3.39. The average Bonchev–Trinajstić information content (AvgIpc) is 2.72. The number of aryl methyl sites for hydroxylation is 1. The molecular formula is C11H20N2OS. The summed E-state index contributed by atoms with van der Waals surface area (Å²) >= 11 is 1.79. The molecular weight excluding hydrogens is 208 g/mol. The maximum atomic E-state index is 5.27. The van der Waals surface area contributed by atoms with E-state index in [0.717, 1.165) is 26.2 Å². The topological polar surface area (TPSA) is 34.1 Å². The SMILES string of the molecule is CCOCCNC(C)c1ncc(CC)s1. The monoisotopic (exact) mass is 228 g/mol. The van der Waals surface area contributed by atoms with Gasteiger partial charge in [-0.15, -0.1) is 11.3 Å². The molecule has 1 N–H and O–H groups in total. The quantitative estimate of drug-likeness (QED) is 0.728. The summed E-state index contributed by atoms with van der Waals surface area (Å²) in [6.07, 6.45) is 3.05. The first kappa shape index (κ1) is 12.6. The fourth-order valence-corrected chi connectivity index (χ4v) is 2.15. The Hall–Kier alpha value is -0.450. The minimum absolute atomic E-state index is 0.329. The van der Waals surface area contributed by atoms with Gasteiger partial charge in [0, 0.05) is 24.2 Å². The molecule has 86 valence electrons. The van der Waals surface area contributed by atoms with Gasteiger partial charge >= 0.3 is 0 Å². The van der Waals surface area contributed by atoms with Crippen LogP contribution in [0.5, 0.6) is 0 Å². The fraction of sp³-hybridized carbons (Fsp3) is 0.727. The molecule has 0 aliphatic rings. The minimum atomic E-state index is 0.329. The van der Waals surface area contributed by atoms with Gasteiger partial charge in [0.2, 0.25) is 0 Å². The molecule has 3 nitrogen and oxygen atoms in total. The van der Waals surface area contributed by atoms with Crippen LogP contribution >= 0.6 is 11.3 Å². The highest BCUT2D eigenvalue weighted by Gasteiger charge is 2.08. The van der Waals surface area contributed by atoms with Gasteiger partial charge in [-0.05, 0) is 20.3 Å². The molecule has 0 amide bonds. The summed E-state index contributed by atoms with van der Waals surface area (Å²) in [4.78, 5) is 5.75. The van der Waals surface area contributed by atoms with Crippen LogP contribution in [0.1, 0.15) is 36.7 Å². The third-order valence-electron chi connectivity index (χ3n) is 2.19. The Morgan fingerprint density at radius 2 is 2.33 bits per heavy atom. The van der Waals surface area contributed by atoms with Crippen LogP contribution in [-0.2, 0) is 11.2 Å². The highest BCUT2D eigenvalue weighted by Crippen LogP contribution is 2.19. The summed E-state index contributed by atoms with van der Waals surface area (Å²) in [7, 11) is 0. The van der Waals surface area contributed by atoms with Crippen molar-refractivity contribution >= 4 is 11.3 Å². The normalized spacial score (nSPS) is 13.0. The molecule has 1 heterocycles. The fourth-order valence-electron chi connectivity index (χ4n) is 1.27. The van der Waals surface area contributed by atoms with E-state index in [1.165, 1.54) is 9.88 Å². The van der Waals surface area contributed by atoms with Gasteiger partial charge in [0.1, 0.15) is 5.01 Å². The highest BCUT2D eigenvalue weighted by atomic mass is 32.1. The third-order valence-corrected chi connectivity index (χ3v) is 3.52. The number of hydrogen-bond donors (Lipinski definition) is 1. The van der Waals surface area contributed by atoms with Crippen LogP contribution < -0.4 is 5.32 Å². The Bertz CT molecular complexity index is 275. The van der Waals surface area contributed by atoms with Crippen molar-refractivity contribution in [3.05, 3.63) is 16.1 Å². The molecule has 0 saturated carbocycles. The molecule has 0 aliphatic carbocycles. The van der Waals surface area contributed by atoms with E-state index in [4.69, 9.17) is 4.74 Å². The molecule has 1 rings (SSSR count). The zero-order valence-corrected chi connectivity index (χ0v) is 10.6. The molecule has 1 atom stereocenters. The van der Waals surface area contributed by atoms with Gasteiger partial charge in [-0.25, -0.2) is 4.98 Å². The van der Waals surface area contributed by atoms with Crippen molar-refractivity contribution in [2.75, 3.05) is 19.8 Å². The number of hydrogen-bond acceptors (Lipinski definition) is 4. The van der Waals surface area contributed by atoms with Crippen molar-refractivity contribution in [1.29, 1.82) is 0 Å². The van der Waals surface area contributed by atoms with Crippen molar-refractivity contribution in [2.24, 2.45) is 0 Å². The van der Waals surface area contributed by atoms with Gasteiger partial charge in [0.25, 0.3) is 0 Å². The van der Waals surface area contributed by atoms with Crippen molar-refractivity contribution in [3.63, 3.8) is 0 Å². The lowest BCUT2D eigenvalue weighted by Gasteiger charge is -2.10. The molecule has 4 heteroatoms. The lowest BCUT2D eigenvalue weighted by molar-refractivity contribution is 0.147. The van der Waals surface area contributed by atoms with Crippen LogP contribution in [0.3, 0.4) is 0 Å². The van der Waals surface area contributed by atoms with Crippen molar-refractivity contribution in [3.8, 4) is 0 Å². The Morgan fingerprint density at radius 3 is 2.93 bits per heavy atom. The molecule has 15 heavy (non-hydrogen) atoms. The molecule has 0 aliphatic heterocycles. The van der Waals surface area contributed by atoms with Crippen LogP contribution in [0, 0.1) is 0 Å². The van der Waals surface area contributed by atoms with Gasteiger partial charge in [0.15, 0.2) is 0 Å². The van der Waals surface area contributed by atoms with Gasteiger partial charge in [-0.3, -0.25) is 0 Å². The second-order valence-corrected chi connectivity index (χ2v) is 4.54. The molecule has 1 unspecified atom stereocenters. The maximum absolute atomic E-state index is 5.27. The van der Waals surface area contributed by atoms with E-state index < -0.39 is 0 Å². The first-order valence-corrected chi connectivity index (χ1v) is 6.35. The van der Waals surface area contributed by atoms with Crippen LogP contribution in [-0.4, -0.2) is 24.7 Å². The first-order chi connectivity index (χ1) is 7.27. The summed E-state index contributed by atoms with van der Waals surface area (Å²) in [5.41, 5.74) is 0. The van der Waals surface area contributed by atoms with Crippen molar-refractivity contribution in [2.45, 2.75) is 33.2 Å². The zero-order chi connectivity index (χ0) is 11.1. The Balaban J connectivity index is 2.29. The van der Waals surface area contributed by atoms with Gasteiger partial charge in [0.05, 0.1) is 12.6 Å². The Morgan fingerprint density at radius 1 is 1.53 bits per heavy atom. The van der Waals surface area contributed by atoms with Gasteiger partial charge in [-0.1, -0.05) is 6.92 Å². The van der Waals surface area contributed by atoms with Gasteiger partial charge < -0.3 is 10.1 Å². The Kier molecular flexibility index (Phi) is 5.83. The largest absolute Gasteiger partial charge is 0.380 e. The molecule has 0 bridgehead atoms. The second kappa shape index (κ2) is 6.93. The minimum Gasteiger partial charge on any atom is -0.380 e. The predicted octanol–water partition coefficient (Wildman–Crippen LogP) is 2.39. The van der Waals surface area contributed by atoms with E-state index in [0.29, 0.717) is 6.04 Å². The number of nitrogens with zero attached hydrogens (tertiary/aromatic N) is 1. The van der Waals surface area contributed by atoms with Gasteiger partial charge in [-0.2, -0.15) is 0 Å². The number of aromatic nitrogens is 1. The number of rotatable bonds is 7. The molecule has 1 aromatic rings. The highest BCUT2D eigenvalue weighted by molar-refractivity contribution is 7.11. The van der Waals surface area contributed by atoms with E-state index in [1.54, 1.807) is 11.3 Å². The lowest BCUT2D eigenvalue weighted by Crippen LogP contribution is -2.23. The molecule has 1 aromatic heterocycles. The molecule has 0 spiro atoms. The van der Waals surface area contributed by atoms with E-state index in [2.05, 4.69) is 24.1 Å². The van der Waals surface area contributed by atoms with E-state index >= 15 is 0 Å². The molecule has 0 aromatic carbocycles. The van der Waals surface area contributed by atoms with Crippen LogP contribution in [0.25, 0.3) is 0 Å². The van der Waals surface area contributed by atoms with Crippen LogP contribution in [0.2, 0.25) is 0 Å². The van der Waals surface area contributed by atoms with E-state index in [9.17, 15) is 0 Å². The summed E-state index contributed by atoms with van der Waals surface area (Å²) in [5, 5.41) is 4.56. The number of ether oxygens (including phenoxy) is 1. The van der Waals surface area contributed by atoms with E-state index in [1.807, 2.05) is 13.1 Å². The zero-order valence-electron chi connectivity index (χ0n) is 9.75.